The molecular formula is C37H41BrFN3O5. The van der Waals surface area contributed by atoms with Gasteiger partial charge in [0.25, 0.3) is 5.91 Å². The second-order valence-electron chi connectivity index (χ2n) is 12.4. The van der Waals surface area contributed by atoms with Gasteiger partial charge in [0.2, 0.25) is 5.91 Å². The Balaban J connectivity index is 1.17. The molecule has 8 nitrogen and oxygen atoms in total. The second-order valence-corrected chi connectivity index (χ2v) is 13.3. The van der Waals surface area contributed by atoms with E-state index in [1.807, 2.05) is 34.1 Å². The summed E-state index contributed by atoms with van der Waals surface area (Å²) >= 11 is 3.41. The van der Waals surface area contributed by atoms with E-state index in [2.05, 4.69) is 45.5 Å². The van der Waals surface area contributed by atoms with Crippen LogP contribution in [-0.2, 0) is 16.0 Å². The quantitative estimate of drug-likeness (QED) is 0.219. The van der Waals surface area contributed by atoms with E-state index in [9.17, 15) is 14.0 Å². The van der Waals surface area contributed by atoms with Crippen LogP contribution in [0.3, 0.4) is 0 Å². The summed E-state index contributed by atoms with van der Waals surface area (Å²) in [5.41, 5.74) is 4.01. The minimum absolute atomic E-state index is 0.0203. The minimum atomic E-state index is -0.329. The summed E-state index contributed by atoms with van der Waals surface area (Å²) in [6.07, 6.45) is 4.20. The lowest BCUT2D eigenvalue weighted by Gasteiger charge is -2.44. The number of hydrogen-bond donors (Lipinski definition) is 1. The lowest BCUT2D eigenvalue weighted by Crippen LogP contribution is -2.62. The van der Waals surface area contributed by atoms with Crippen molar-refractivity contribution in [1.82, 2.24) is 15.1 Å². The summed E-state index contributed by atoms with van der Waals surface area (Å²) < 4.78 is 31.4. The van der Waals surface area contributed by atoms with Gasteiger partial charge in [0.05, 0.1) is 30.8 Å². The molecule has 1 saturated carbocycles. The summed E-state index contributed by atoms with van der Waals surface area (Å²) in [5.74, 6) is 1.71. The SMILES string of the molecule is COc1ccc(OCCN(C(=O)C2=C(c3ccc(CCCOc4cc(F)ccc4Br)cc3)CC3CN(C(C)=O)CC2N3)C2CC2)cc1. The number of fused-ring (bicyclic) bond motifs is 2. The third kappa shape index (κ3) is 8.16. The molecule has 2 fully saturated rings. The Hall–Kier alpha value is -3.89. The first kappa shape index (κ1) is 33.0. The van der Waals surface area contributed by atoms with Crippen molar-refractivity contribution in [3.8, 4) is 17.2 Å². The maximum Gasteiger partial charge on any atom is 0.252 e. The molecule has 2 aliphatic heterocycles. The van der Waals surface area contributed by atoms with Crippen LogP contribution in [0.2, 0.25) is 0 Å². The first-order valence-electron chi connectivity index (χ1n) is 16.3. The van der Waals surface area contributed by atoms with E-state index in [0.29, 0.717) is 45.0 Å². The molecule has 1 N–H and O–H groups in total. The molecular weight excluding hydrogens is 665 g/mol. The fourth-order valence-corrected chi connectivity index (χ4v) is 6.83. The van der Waals surface area contributed by atoms with E-state index in [1.165, 1.54) is 12.1 Å². The summed E-state index contributed by atoms with van der Waals surface area (Å²) in [6.45, 7) is 4.02. The molecule has 0 aromatic heterocycles. The van der Waals surface area contributed by atoms with E-state index >= 15 is 0 Å². The number of piperazine rings is 1. The van der Waals surface area contributed by atoms with Crippen LogP contribution in [0.25, 0.3) is 5.57 Å². The molecule has 10 heteroatoms. The van der Waals surface area contributed by atoms with Crippen molar-refractivity contribution in [2.45, 2.75) is 57.2 Å². The van der Waals surface area contributed by atoms with Crippen molar-refractivity contribution in [2.24, 2.45) is 0 Å². The van der Waals surface area contributed by atoms with Crippen LogP contribution in [0.1, 0.15) is 43.7 Å². The van der Waals surface area contributed by atoms with Crippen LogP contribution in [-0.4, -0.2) is 79.7 Å². The number of hydrogen-bond acceptors (Lipinski definition) is 6. The number of halogens is 2. The average molecular weight is 707 g/mol. The predicted molar refractivity (Wildman–Crippen MR) is 182 cm³/mol. The van der Waals surface area contributed by atoms with E-state index in [-0.39, 0.29) is 35.8 Å². The molecule has 6 rings (SSSR count). The smallest absolute Gasteiger partial charge is 0.252 e. The molecule has 1 aliphatic carbocycles. The van der Waals surface area contributed by atoms with Gasteiger partial charge in [-0.1, -0.05) is 24.3 Å². The van der Waals surface area contributed by atoms with Gasteiger partial charge in [-0.15, -0.1) is 0 Å². The van der Waals surface area contributed by atoms with Crippen LogP contribution < -0.4 is 19.5 Å². The Morgan fingerprint density at radius 1 is 0.979 bits per heavy atom. The molecule has 3 aromatic carbocycles. The fraction of sp³-hybridized carbons (Fsp3) is 0.405. The molecule has 2 unspecified atom stereocenters. The van der Waals surface area contributed by atoms with Crippen LogP contribution >= 0.6 is 15.9 Å². The van der Waals surface area contributed by atoms with Crippen molar-refractivity contribution < 1.29 is 28.2 Å². The van der Waals surface area contributed by atoms with Crippen molar-refractivity contribution in [3.05, 3.63) is 93.7 Å². The largest absolute Gasteiger partial charge is 0.497 e. The molecule has 2 amide bonds. The monoisotopic (exact) mass is 705 g/mol. The zero-order chi connectivity index (χ0) is 32.9. The van der Waals surface area contributed by atoms with Gasteiger partial charge in [-0.3, -0.25) is 9.59 Å². The first-order chi connectivity index (χ1) is 22.8. The van der Waals surface area contributed by atoms with Crippen LogP contribution in [0.4, 0.5) is 4.39 Å². The maximum absolute atomic E-state index is 14.5. The molecule has 3 aromatic rings. The number of carbonyl (C=O) groups is 2. The van der Waals surface area contributed by atoms with Gasteiger partial charge >= 0.3 is 0 Å². The highest BCUT2D eigenvalue weighted by Crippen LogP contribution is 2.37. The van der Waals surface area contributed by atoms with Gasteiger partial charge in [-0.2, -0.15) is 0 Å². The van der Waals surface area contributed by atoms with Gasteiger partial charge in [0, 0.05) is 43.7 Å². The second kappa shape index (κ2) is 14.9. The van der Waals surface area contributed by atoms with Crippen LogP contribution in [0, 0.1) is 5.82 Å². The Kier molecular flexibility index (Phi) is 10.5. The molecule has 0 spiro atoms. The number of carbonyl (C=O) groups excluding carboxylic acids is 2. The zero-order valence-electron chi connectivity index (χ0n) is 26.8. The Labute approximate surface area is 284 Å². The van der Waals surface area contributed by atoms with Gasteiger partial charge < -0.3 is 29.3 Å². The highest BCUT2D eigenvalue weighted by molar-refractivity contribution is 9.10. The Morgan fingerprint density at radius 2 is 1.72 bits per heavy atom. The van der Waals surface area contributed by atoms with E-state index in [0.717, 1.165) is 63.9 Å². The topological polar surface area (TPSA) is 80.3 Å². The number of ether oxygens (including phenoxy) is 3. The molecule has 2 atom stereocenters. The number of nitrogens with one attached hydrogen (secondary N) is 1. The van der Waals surface area contributed by atoms with Crippen LogP contribution in [0.5, 0.6) is 17.2 Å². The molecule has 2 bridgehead atoms. The third-order valence-corrected chi connectivity index (χ3v) is 9.71. The Bertz CT molecular complexity index is 1610. The molecule has 3 aliphatic rings. The van der Waals surface area contributed by atoms with Crippen LogP contribution in [0.15, 0.2) is 76.8 Å². The van der Waals surface area contributed by atoms with Crippen molar-refractivity contribution in [3.63, 3.8) is 0 Å². The molecule has 2 heterocycles. The summed E-state index contributed by atoms with van der Waals surface area (Å²) in [5, 5.41) is 3.66. The number of rotatable bonds is 13. The molecule has 47 heavy (non-hydrogen) atoms. The normalized spacial score (nSPS) is 18.9. The number of nitrogens with zero attached hydrogens (tertiary/aromatic N) is 2. The predicted octanol–water partition coefficient (Wildman–Crippen LogP) is 6.02. The van der Waals surface area contributed by atoms with Crippen molar-refractivity contribution in [2.75, 3.05) is 40.0 Å². The third-order valence-electron chi connectivity index (χ3n) is 9.05. The van der Waals surface area contributed by atoms with Gasteiger partial charge in [0.15, 0.2) is 0 Å². The van der Waals surface area contributed by atoms with Gasteiger partial charge in [0.1, 0.15) is 29.7 Å². The van der Waals surface area contributed by atoms with Crippen molar-refractivity contribution >= 4 is 33.3 Å². The van der Waals surface area contributed by atoms with E-state index in [1.54, 1.807) is 20.1 Å². The number of amides is 2. The highest BCUT2D eigenvalue weighted by atomic mass is 79.9. The van der Waals surface area contributed by atoms with Gasteiger partial charge in [-0.25, -0.2) is 4.39 Å². The summed E-state index contributed by atoms with van der Waals surface area (Å²) in [6, 6.07) is 20.4. The van der Waals surface area contributed by atoms with Crippen molar-refractivity contribution in [1.29, 1.82) is 0 Å². The maximum atomic E-state index is 14.5. The summed E-state index contributed by atoms with van der Waals surface area (Å²) in [4.78, 5) is 30.7. The van der Waals surface area contributed by atoms with E-state index < -0.39 is 0 Å². The standard InChI is InChI=1S/C37H41BrFN3O5/c1-24(43)41-22-28-21-32(26-7-5-25(6-8-26)4-3-18-47-35-20-27(39)9-16-33(35)38)36(34(23-41)40-28)37(44)42(29-10-11-29)17-19-46-31-14-12-30(45-2)13-15-31/h5-9,12-16,20,28-29,34,40H,3-4,10-11,17-19,21-23H2,1-2H3. The highest BCUT2D eigenvalue weighted by Gasteiger charge is 2.42. The lowest BCUT2D eigenvalue weighted by molar-refractivity contribution is -0.132. The summed E-state index contributed by atoms with van der Waals surface area (Å²) in [7, 11) is 1.63. The van der Waals surface area contributed by atoms with E-state index in [4.69, 9.17) is 14.2 Å². The number of benzene rings is 3. The Morgan fingerprint density at radius 3 is 2.43 bits per heavy atom. The average Bonchev–Trinajstić information content (AvgIpc) is 3.92. The molecule has 248 valence electrons. The number of aryl methyl sites for hydroxylation is 1. The zero-order valence-corrected chi connectivity index (χ0v) is 28.4. The number of methoxy groups -OCH3 is 1. The lowest BCUT2D eigenvalue weighted by atomic mass is 9.82. The molecule has 1 saturated heterocycles. The van der Waals surface area contributed by atoms with Gasteiger partial charge in [-0.05, 0) is 101 Å². The minimum Gasteiger partial charge on any atom is -0.497 e. The molecule has 0 radical (unpaired) electrons. The fourth-order valence-electron chi connectivity index (χ4n) is 6.47. The first-order valence-corrected chi connectivity index (χ1v) is 17.1.